The Kier molecular flexibility index (Phi) is 4.24. The zero-order chi connectivity index (χ0) is 20.0. The van der Waals surface area contributed by atoms with Crippen LogP contribution in [0.5, 0.6) is 11.5 Å². The van der Waals surface area contributed by atoms with Crippen molar-refractivity contribution in [2.45, 2.75) is 19.9 Å². The lowest BCUT2D eigenvalue weighted by Crippen LogP contribution is -2.22. The summed E-state index contributed by atoms with van der Waals surface area (Å²) >= 11 is 0. The molecule has 1 aliphatic rings. The molecule has 3 aromatic carbocycles. The van der Waals surface area contributed by atoms with Gasteiger partial charge in [-0.05, 0) is 23.6 Å². The lowest BCUT2D eigenvalue weighted by Gasteiger charge is -2.23. The highest BCUT2D eigenvalue weighted by molar-refractivity contribution is 6.30. The molecule has 0 saturated heterocycles. The van der Waals surface area contributed by atoms with Crippen LogP contribution >= 0.6 is 0 Å². The highest BCUT2D eigenvalue weighted by atomic mass is 16.3. The molecule has 4 rings (SSSR count). The molecule has 0 spiro atoms. The molecule has 1 aliphatic carbocycles. The van der Waals surface area contributed by atoms with Crippen LogP contribution in [0.4, 0.5) is 0 Å². The van der Waals surface area contributed by atoms with Gasteiger partial charge in [-0.25, -0.2) is 0 Å². The Labute approximate surface area is 162 Å². The fourth-order valence-electron chi connectivity index (χ4n) is 3.70. The Morgan fingerprint density at radius 3 is 1.82 bits per heavy atom. The first-order valence-corrected chi connectivity index (χ1v) is 8.97. The van der Waals surface area contributed by atoms with Crippen LogP contribution in [-0.2, 0) is 13.0 Å². The molecule has 5 nitrogen and oxygen atoms in total. The standard InChI is InChI=1S/C23H19NO4/c1-12-17(10-13-6-8-14(11-24)9-7-13)23(28)19-18(20(12)25)21(26)15-4-2-3-5-16(15)22(19)27/h2-9,25,28H,10-11,24H2,1H3. The molecule has 28 heavy (non-hydrogen) atoms. The Morgan fingerprint density at radius 1 is 0.786 bits per heavy atom. The number of carbonyl (C=O) groups is 2. The summed E-state index contributed by atoms with van der Waals surface area (Å²) in [6, 6.07) is 14.0. The smallest absolute Gasteiger partial charge is 0.198 e. The third kappa shape index (κ3) is 2.60. The van der Waals surface area contributed by atoms with Crippen LogP contribution in [0.2, 0.25) is 0 Å². The number of phenolic OH excluding ortho intramolecular Hbond substituents is 2. The van der Waals surface area contributed by atoms with Crippen molar-refractivity contribution in [2.75, 3.05) is 0 Å². The molecule has 0 radical (unpaired) electrons. The average Bonchev–Trinajstić information content (AvgIpc) is 2.72. The molecule has 0 fully saturated rings. The van der Waals surface area contributed by atoms with Gasteiger partial charge in [0, 0.05) is 29.7 Å². The number of carbonyl (C=O) groups excluding carboxylic acids is 2. The van der Waals surface area contributed by atoms with E-state index in [4.69, 9.17) is 5.73 Å². The molecule has 4 N–H and O–H groups in total. The summed E-state index contributed by atoms with van der Waals surface area (Å²) < 4.78 is 0. The number of rotatable bonds is 3. The van der Waals surface area contributed by atoms with E-state index in [1.54, 1.807) is 31.2 Å². The van der Waals surface area contributed by atoms with Gasteiger partial charge in [0.25, 0.3) is 0 Å². The van der Waals surface area contributed by atoms with Gasteiger partial charge in [0.05, 0.1) is 11.1 Å². The highest BCUT2D eigenvalue weighted by Gasteiger charge is 2.36. The number of benzene rings is 3. The van der Waals surface area contributed by atoms with Crippen LogP contribution in [0.1, 0.15) is 54.1 Å². The number of aromatic hydroxyl groups is 2. The van der Waals surface area contributed by atoms with E-state index in [-0.39, 0.29) is 33.8 Å². The van der Waals surface area contributed by atoms with E-state index < -0.39 is 11.6 Å². The van der Waals surface area contributed by atoms with Gasteiger partial charge in [-0.3, -0.25) is 9.59 Å². The van der Waals surface area contributed by atoms with Crippen molar-refractivity contribution in [3.05, 3.63) is 93.0 Å². The van der Waals surface area contributed by atoms with Gasteiger partial charge in [0.1, 0.15) is 11.5 Å². The normalized spacial score (nSPS) is 12.6. The van der Waals surface area contributed by atoms with Crippen LogP contribution in [0.15, 0.2) is 48.5 Å². The van der Waals surface area contributed by atoms with Gasteiger partial charge in [0.15, 0.2) is 11.6 Å². The van der Waals surface area contributed by atoms with Crippen LogP contribution in [0, 0.1) is 6.92 Å². The predicted molar refractivity (Wildman–Crippen MR) is 105 cm³/mol. The molecule has 0 unspecified atom stereocenters. The van der Waals surface area contributed by atoms with Gasteiger partial charge < -0.3 is 15.9 Å². The largest absolute Gasteiger partial charge is 0.507 e. The number of nitrogens with two attached hydrogens (primary N) is 1. The van der Waals surface area contributed by atoms with E-state index in [0.717, 1.165) is 11.1 Å². The first kappa shape index (κ1) is 17.9. The van der Waals surface area contributed by atoms with E-state index in [1.807, 2.05) is 24.3 Å². The summed E-state index contributed by atoms with van der Waals surface area (Å²) in [5.74, 6) is -1.42. The van der Waals surface area contributed by atoms with E-state index in [0.29, 0.717) is 24.1 Å². The fraction of sp³-hybridized carbons (Fsp3) is 0.130. The predicted octanol–water partition coefficient (Wildman–Crippen LogP) is 3.23. The second kappa shape index (κ2) is 6.62. The van der Waals surface area contributed by atoms with Gasteiger partial charge in [-0.1, -0.05) is 48.5 Å². The van der Waals surface area contributed by atoms with Crippen LogP contribution in [0.25, 0.3) is 0 Å². The maximum Gasteiger partial charge on any atom is 0.198 e. The van der Waals surface area contributed by atoms with Gasteiger partial charge in [0.2, 0.25) is 0 Å². The SMILES string of the molecule is Cc1c(O)c2c(c(O)c1Cc1ccc(CN)cc1)C(=O)c1ccccc1C2=O. The minimum atomic E-state index is -0.460. The van der Waals surface area contributed by atoms with Crippen molar-refractivity contribution in [2.24, 2.45) is 5.73 Å². The zero-order valence-corrected chi connectivity index (χ0v) is 15.3. The Morgan fingerprint density at radius 2 is 1.29 bits per heavy atom. The Hall–Kier alpha value is -3.44. The van der Waals surface area contributed by atoms with Gasteiger partial charge >= 0.3 is 0 Å². The number of ketones is 2. The average molecular weight is 373 g/mol. The topological polar surface area (TPSA) is 101 Å². The lowest BCUT2D eigenvalue weighted by molar-refractivity contribution is 0.0974. The molecule has 0 saturated carbocycles. The zero-order valence-electron chi connectivity index (χ0n) is 15.3. The summed E-state index contributed by atoms with van der Waals surface area (Å²) in [4.78, 5) is 25.9. The third-order valence-electron chi connectivity index (χ3n) is 5.33. The van der Waals surface area contributed by atoms with Crippen LogP contribution < -0.4 is 5.73 Å². The first-order valence-electron chi connectivity index (χ1n) is 8.97. The summed E-state index contributed by atoms with van der Waals surface area (Å²) in [6.07, 6.45) is 0.312. The number of fused-ring (bicyclic) bond motifs is 2. The maximum absolute atomic E-state index is 13.0. The number of hydrogen-bond donors (Lipinski definition) is 3. The van der Waals surface area contributed by atoms with E-state index in [1.165, 1.54) is 0 Å². The highest BCUT2D eigenvalue weighted by Crippen LogP contribution is 2.43. The van der Waals surface area contributed by atoms with Crippen molar-refractivity contribution >= 4 is 11.6 Å². The summed E-state index contributed by atoms with van der Waals surface area (Å²) in [6.45, 7) is 2.07. The molecule has 140 valence electrons. The van der Waals surface area contributed by atoms with Crippen LogP contribution in [-0.4, -0.2) is 21.8 Å². The number of phenols is 2. The second-order valence-corrected chi connectivity index (χ2v) is 6.95. The minimum Gasteiger partial charge on any atom is -0.507 e. The Bertz CT molecular complexity index is 1130. The second-order valence-electron chi connectivity index (χ2n) is 6.95. The molecule has 5 heteroatoms. The lowest BCUT2D eigenvalue weighted by atomic mass is 9.80. The summed E-state index contributed by atoms with van der Waals surface area (Å²) in [5.41, 5.74) is 8.53. The van der Waals surface area contributed by atoms with Crippen molar-refractivity contribution in [1.82, 2.24) is 0 Å². The molecule has 0 heterocycles. The van der Waals surface area contributed by atoms with Crippen molar-refractivity contribution in [1.29, 1.82) is 0 Å². The third-order valence-corrected chi connectivity index (χ3v) is 5.33. The summed E-state index contributed by atoms with van der Waals surface area (Å²) in [5, 5.41) is 21.6. The molecule has 0 aliphatic heterocycles. The molecular weight excluding hydrogens is 354 g/mol. The molecule has 0 amide bonds. The van der Waals surface area contributed by atoms with Gasteiger partial charge in [-0.15, -0.1) is 0 Å². The fourth-order valence-corrected chi connectivity index (χ4v) is 3.70. The van der Waals surface area contributed by atoms with Gasteiger partial charge in [-0.2, -0.15) is 0 Å². The molecule has 0 atom stereocenters. The van der Waals surface area contributed by atoms with Crippen molar-refractivity contribution < 1.29 is 19.8 Å². The maximum atomic E-state index is 13.0. The number of hydrogen-bond acceptors (Lipinski definition) is 5. The molecule has 3 aromatic rings. The molecular formula is C23H19NO4. The van der Waals surface area contributed by atoms with Crippen molar-refractivity contribution in [3.63, 3.8) is 0 Å². The minimum absolute atomic E-state index is 0.124. The first-order chi connectivity index (χ1) is 13.4. The van der Waals surface area contributed by atoms with Crippen LogP contribution in [0.3, 0.4) is 0 Å². The Balaban J connectivity index is 1.88. The van der Waals surface area contributed by atoms with E-state index in [2.05, 4.69) is 0 Å². The molecule has 0 bridgehead atoms. The molecule has 0 aromatic heterocycles. The summed E-state index contributed by atoms with van der Waals surface area (Å²) in [7, 11) is 0. The van der Waals surface area contributed by atoms with E-state index >= 15 is 0 Å². The van der Waals surface area contributed by atoms with E-state index in [9.17, 15) is 19.8 Å². The quantitative estimate of drug-likeness (QED) is 0.479. The monoisotopic (exact) mass is 373 g/mol. The van der Waals surface area contributed by atoms with Crippen molar-refractivity contribution in [3.8, 4) is 11.5 Å².